The van der Waals surface area contributed by atoms with Crippen molar-refractivity contribution in [2.45, 2.75) is 0 Å². The summed E-state index contributed by atoms with van der Waals surface area (Å²) in [6.45, 7) is 0. The van der Waals surface area contributed by atoms with Crippen LogP contribution in [-0.2, 0) is 0 Å². The molecule has 1 heterocycles. The lowest BCUT2D eigenvalue weighted by molar-refractivity contribution is 0.0737. The molecule has 0 atom stereocenters. The number of hydrogen-bond acceptors (Lipinski definition) is 7. The number of esters is 1. The summed E-state index contributed by atoms with van der Waals surface area (Å²) < 4.78 is 11.0. The van der Waals surface area contributed by atoms with E-state index in [4.69, 9.17) is 9.15 Å². The molecule has 0 fully saturated rings. The fourth-order valence-corrected chi connectivity index (χ4v) is 2.84. The van der Waals surface area contributed by atoms with Crippen LogP contribution in [0.3, 0.4) is 0 Å². The lowest BCUT2D eigenvalue weighted by Gasteiger charge is -2.09. The molecule has 0 unspecified atom stereocenters. The first-order chi connectivity index (χ1) is 13.9. The molecular formula is C22H14O7. The van der Waals surface area contributed by atoms with Gasteiger partial charge in [0, 0.05) is 23.8 Å². The van der Waals surface area contributed by atoms with Gasteiger partial charge < -0.3 is 24.5 Å². The second-order valence-corrected chi connectivity index (χ2v) is 6.28. The van der Waals surface area contributed by atoms with E-state index in [9.17, 15) is 24.9 Å². The number of rotatable bonds is 3. The molecule has 1 aromatic heterocycles. The summed E-state index contributed by atoms with van der Waals surface area (Å²) in [7, 11) is 0. The summed E-state index contributed by atoms with van der Waals surface area (Å²) in [5.74, 6) is -0.881. The maximum absolute atomic E-state index is 12.7. The van der Waals surface area contributed by atoms with Crippen molar-refractivity contribution in [2.75, 3.05) is 0 Å². The average Bonchev–Trinajstić information content (AvgIpc) is 2.68. The molecule has 0 bridgehead atoms. The summed E-state index contributed by atoms with van der Waals surface area (Å²) >= 11 is 0. The Labute approximate surface area is 163 Å². The lowest BCUT2D eigenvalue weighted by Crippen LogP contribution is -2.11. The fourth-order valence-electron chi connectivity index (χ4n) is 2.84. The van der Waals surface area contributed by atoms with Crippen LogP contribution < -0.4 is 10.2 Å². The van der Waals surface area contributed by atoms with Gasteiger partial charge in [-0.05, 0) is 48.5 Å². The Morgan fingerprint density at radius 3 is 2.07 bits per heavy atom. The highest BCUT2D eigenvalue weighted by atomic mass is 16.5. The lowest BCUT2D eigenvalue weighted by atomic mass is 10.1. The third kappa shape index (κ3) is 3.61. The number of fused-ring (bicyclic) bond motifs is 1. The van der Waals surface area contributed by atoms with Gasteiger partial charge in [-0.2, -0.15) is 0 Å². The SMILES string of the molecule is O=C(Oc1cc(O)cc2oc(-c3ccc(O)cc3)cc(=O)c12)c1ccc(O)cc1. The molecule has 0 aliphatic heterocycles. The zero-order valence-electron chi connectivity index (χ0n) is 14.8. The number of aromatic hydroxyl groups is 3. The number of phenolic OH excluding ortho intramolecular Hbond substituents is 3. The third-order valence-corrected chi connectivity index (χ3v) is 4.24. The Hall–Kier alpha value is -4.26. The van der Waals surface area contributed by atoms with Crippen LogP contribution in [0, 0.1) is 0 Å². The summed E-state index contributed by atoms with van der Waals surface area (Å²) in [6, 6.07) is 15.1. The molecule has 144 valence electrons. The van der Waals surface area contributed by atoms with Gasteiger partial charge in [0.05, 0.1) is 5.56 Å². The first-order valence-corrected chi connectivity index (χ1v) is 8.52. The van der Waals surface area contributed by atoms with Gasteiger partial charge in [0.2, 0.25) is 0 Å². The molecule has 0 amide bonds. The predicted octanol–water partition coefficient (Wildman–Crippen LogP) is 3.80. The van der Waals surface area contributed by atoms with Gasteiger partial charge in [-0.25, -0.2) is 4.79 Å². The molecule has 0 spiro atoms. The number of phenols is 3. The van der Waals surface area contributed by atoms with Crippen molar-refractivity contribution in [3.8, 4) is 34.3 Å². The summed E-state index contributed by atoms with van der Waals surface area (Å²) in [5, 5.41) is 28.7. The van der Waals surface area contributed by atoms with Crippen LogP contribution in [0.4, 0.5) is 0 Å². The molecule has 0 aliphatic carbocycles. The zero-order valence-corrected chi connectivity index (χ0v) is 14.8. The minimum Gasteiger partial charge on any atom is -0.508 e. The highest BCUT2D eigenvalue weighted by Gasteiger charge is 2.17. The van der Waals surface area contributed by atoms with Crippen molar-refractivity contribution < 1.29 is 29.3 Å². The van der Waals surface area contributed by atoms with E-state index in [0.717, 1.165) is 6.07 Å². The van der Waals surface area contributed by atoms with Crippen molar-refractivity contribution in [1.82, 2.24) is 0 Å². The van der Waals surface area contributed by atoms with E-state index in [1.54, 1.807) is 12.1 Å². The average molecular weight is 390 g/mol. The number of hydrogen-bond donors (Lipinski definition) is 3. The van der Waals surface area contributed by atoms with Crippen molar-refractivity contribution in [3.63, 3.8) is 0 Å². The van der Waals surface area contributed by atoms with Crippen molar-refractivity contribution in [3.05, 3.63) is 82.5 Å². The van der Waals surface area contributed by atoms with Crippen LogP contribution in [0.25, 0.3) is 22.3 Å². The standard InChI is InChI=1S/C22H14O7/c23-14-5-1-12(2-6-14)18-11-17(26)21-19(28-18)9-16(25)10-20(21)29-22(27)13-3-7-15(24)8-4-13/h1-11,23-25H. The van der Waals surface area contributed by atoms with Crippen molar-refractivity contribution >= 4 is 16.9 Å². The minimum atomic E-state index is -0.765. The number of ether oxygens (including phenoxy) is 1. The molecule has 0 saturated carbocycles. The van der Waals surface area contributed by atoms with Crippen LogP contribution in [-0.4, -0.2) is 21.3 Å². The van der Waals surface area contributed by atoms with Crippen LogP contribution in [0.15, 0.2) is 75.9 Å². The third-order valence-electron chi connectivity index (χ3n) is 4.24. The van der Waals surface area contributed by atoms with E-state index >= 15 is 0 Å². The van der Waals surface area contributed by atoms with E-state index in [-0.39, 0.29) is 45.3 Å². The topological polar surface area (TPSA) is 117 Å². The number of carbonyl (C=O) groups is 1. The highest BCUT2D eigenvalue weighted by Crippen LogP contribution is 2.32. The van der Waals surface area contributed by atoms with Gasteiger partial charge in [0.25, 0.3) is 0 Å². The maximum atomic E-state index is 12.7. The molecule has 0 aliphatic rings. The molecule has 3 N–H and O–H groups in total. The molecule has 0 radical (unpaired) electrons. The molecule has 7 heteroatoms. The smallest absolute Gasteiger partial charge is 0.343 e. The molecule has 29 heavy (non-hydrogen) atoms. The molecular weight excluding hydrogens is 376 g/mol. The van der Waals surface area contributed by atoms with Gasteiger partial charge in [-0.15, -0.1) is 0 Å². The van der Waals surface area contributed by atoms with Gasteiger partial charge in [0.15, 0.2) is 5.43 Å². The first-order valence-electron chi connectivity index (χ1n) is 8.52. The van der Waals surface area contributed by atoms with Gasteiger partial charge in [-0.3, -0.25) is 4.79 Å². The molecule has 7 nitrogen and oxygen atoms in total. The Morgan fingerprint density at radius 2 is 1.41 bits per heavy atom. The minimum absolute atomic E-state index is 0.00235. The predicted molar refractivity (Wildman–Crippen MR) is 104 cm³/mol. The second kappa shape index (κ2) is 7.05. The van der Waals surface area contributed by atoms with E-state index in [2.05, 4.69) is 0 Å². The van der Waals surface area contributed by atoms with E-state index in [1.807, 2.05) is 0 Å². The second-order valence-electron chi connectivity index (χ2n) is 6.28. The largest absolute Gasteiger partial charge is 0.508 e. The first kappa shape index (κ1) is 18.1. The highest BCUT2D eigenvalue weighted by molar-refractivity contribution is 5.95. The Bertz CT molecular complexity index is 1270. The molecule has 4 rings (SSSR count). The summed E-state index contributed by atoms with van der Waals surface area (Å²) in [6.07, 6.45) is 0. The molecule has 4 aromatic rings. The van der Waals surface area contributed by atoms with E-state index in [1.165, 1.54) is 48.5 Å². The van der Waals surface area contributed by atoms with Gasteiger partial charge in [-0.1, -0.05) is 0 Å². The number of carbonyl (C=O) groups excluding carboxylic acids is 1. The quantitative estimate of drug-likeness (QED) is 0.360. The number of benzene rings is 3. The monoisotopic (exact) mass is 390 g/mol. The Kier molecular flexibility index (Phi) is 4.40. The van der Waals surface area contributed by atoms with Gasteiger partial charge >= 0.3 is 5.97 Å². The van der Waals surface area contributed by atoms with Crippen molar-refractivity contribution in [2.24, 2.45) is 0 Å². The fraction of sp³-hybridized carbons (Fsp3) is 0. The van der Waals surface area contributed by atoms with E-state index < -0.39 is 11.4 Å². The Balaban J connectivity index is 1.79. The Morgan fingerprint density at radius 1 is 0.793 bits per heavy atom. The van der Waals surface area contributed by atoms with Crippen LogP contribution in [0.5, 0.6) is 23.0 Å². The summed E-state index contributed by atoms with van der Waals surface area (Å²) in [4.78, 5) is 25.1. The van der Waals surface area contributed by atoms with Crippen LogP contribution in [0.2, 0.25) is 0 Å². The summed E-state index contributed by atoms with van der Waals surface area (Å²) in [5.41, 5.74) is 0.272. The zero-order chi connectivity index (χ0) is 20.5. The van der Waals surface area contributed by atoms with E-state index in [0.29, 0.717) is 5.56 Å². The van der Waals surface area contributed by atoms with Gasteiger partial charge in [0.1, 0.15) is 39.7 Å². The molecule has 0 saturated heterocycles. The van der Waals surface area contributed by atoms with Crippen molar-refractivity contribution in [1.29, 1.82) is 0 Å². The van der Waals surface area contributed by atoms with Crippen LogP contribution in [0.1, 0.15) is 10.4 Å². The maximum Gasteiger partial charge on any atom is 0.343 e. The molecule has 3 aromatic carbocycles. The normalized spacial score (nSPS) is 10.8. The van der Waals surface area contributed by atoms with Crippen LogP contribution >= 0.6 is 0 Å².